The smallest absolute Gasteiger partial charge is 0.471 e. The van der Waals surface area contributed by atoms with Crippen LogP contribution in [0.15, 0.2) is 0 Å². The van der Waals surface area contributed by atoms with Crippen molar-refractivity contribution in [2.24, 2.45) is 5.92 Å². The number of methoxy groups -OCH3 is 1. The summed E-state index contributed by atoms with van der Waals surface area (Å²) in [5.41, 5.74) is 0. The Kier molecular flexibility index (Phi) is 9.40. The third-order valence-electron chi connectivity index (χ3n) is 3.43. The number of amides is 3. The molecular formula is C15H22F3N3O7. The highest BCUT2D eigenvalue weighted by Crippen LogP contribution is 2.15. The molecule has 0 spiro atoms. The lowest BCUT2D eigenvalue weighted by molar-refractivity contribution is -0.175. The van der Waals surface area contributed by atoms with Crippen LogP contribution < -0.4 is 16.0 Å². The SMILES string of the molecule is COC(=O)[C@H](CC(=O)O)NC(=O)[C@H](C)NC(=O)[C@@H](NC(=O)C(F)(F)F)C(C)C. The van der Waals surface area contributed by atoms with Crippen molar-refractivity contribution in [1.82, 2.24) is 16.0 Å². The summed E-state index contributed by atoms with van der Waals surface area (Å²) >= 11 is 0. The van der Waals surface area contributed by atoms with E-state index in [9.17, 15) is 37.1 Å². The van der Waals surface area contributed by atoms with E-state index in [0.717, 1.165) is 14.0 Å². The van der Waals surface area contributed by atoms with Crippen LogP contribution in [0.4, 0.5) is 13.2 Å². The van der Waals surface area contributed by atoms with Crippen LogP contribution >= 0.6 is 0 Å². The van der Waals surface area contributed by atoms with Gasteiger partial charge in [-0.3, -0.25) is 19.2 Å². The molecule has 0 aromatic rings. The molecule has 0 aromatic heterocycles. The van der Waals surface area contributed by atoms with Crippen molar-refractivity contribution < 1.29 is 47.0 Å². The van der Waals surface area contributed by atoms with Gasteiger partial charge in [-0.15, -0.1) is 0 Å². The van der Waals surface area contributed by atoms with Gasteiger partial charge in [-0.2, -0.15) is 13.2 Å². The molecule has 13 heteroatoms. The lowest BCUT2D eigenvalue weighted by Gasteiger charge is -2.24. The van der Waals surface area contributed by atoms with Crippen molar-refractivity contribution in [2.45, 2.75) is 51.5 Å². The molecule has 0 radical (unpaired) electrons. The van der Waals surface area contributed by atoms with Gasteiger partial charge in [-0.25, -0.2) is 4.79 Å². The molecule has 3 atom stereocenters. The molecular weight excluding hydrogens is 391 g/mol. The van der Waals surface area contributed by atoms with Crippen LogP contribution in [0, 0.1) is 5.92 Å². The Morgan fingerprint density at radius 1 is 0.964 bits per heavy atom. The van der Waals surface area contributed by atoms with E-state index < -0.39 is 66.3 Å². The van der Waals surface area contributed by atoms with Gasteiger partial charge in [0.15, 0.2) is 0 Å². The highest BCUT2D eigenvalue weighted by atomic mass is 19.4. The second-order valence-corrected chi connectivity index (χ2v) is 6.11. The van der Waals surface area contributed by atoms with E-state index in [2.05, 4.69) is 15.4 Å². The number of carbonyl (C=O) groups is 5. The molecule has 0 aliphatic heterocycles. The molecule has 0 aromatic carbocycles. The molecule has 0 unspecified atom stereocenters. The number of halogens is 3. The van der Waals surface area contributed by atoms with Crippen molar-refractivity contribution in [2.75, 3.05) is 7.11 Å². The number of rotatable bonds is 9. The first-order chi connectivity index (χ1) is 12.7. The Hall–Kier alpha value is -2.86. The standard InChI is InChI=1S/C15H22F3N3O7/c1-6(2)10(21-14(27)15(16,17)18)12(25)19-7(3)11(24)20-8(5-9(22)23)13(26)28-4/h6-8,10H,5H2,1-4H3,(H,19,25)(H,20,24)(H,21,27)(H,22,23)/t7-,8-,10-/m0/s1. The number of carbonyl (C=O) groups excluding carboxylic acids is 4. The first kappa shape index (κ1) is 25.1. The molecule has 0 bridgehead atoms. The molecule has 0 saturated carbocycles. The lowest BCUT2D eigenvalue weighted by Crippen LogP contribution is -2.57. The van der Waals surface area contributed by atoms with Crippen LogP contribution in [0.1, 0.15) is 27.2 Å². The van der Waals surface area contributed by atoms with Crippen molar-refractivity contribution >= 4 is 29.7 Å². The highest BCUT2D eigenvalue weighted by Gasteiger charge is 2.41. The molecule has 0 aliphatic rings. The number of esters is 1. The predicted octanol–water partition coefficient (Wildman–Crippen LogP) is -0.673. The zero-order valence-electron chi connectivity index (χ0n) is 15.5. The Labute approximate surface area is 158 Å². The molecule has 160 valence electrons. The van der Waals surface area contributed by atoms with Gasteiger partial charge < -0.3 is 25.8 Å². The molecule has 0 fully saturated rings. The number of carboxylic acid groups (broad SMARTS) is 1. The van der Waals surface area contributed by atoms with Crippen LogP contribution in [-0.2, 0) is 28.7 Å². The summed E-state index contributed by atoms with van der Waals surface area (Å²) in [4.78, 5) is 57.5. The number of ether oxygens (including phenoxy) is 1. The lowest BCUT2D eigenvalue weighted by atomic mass is 10.0. The molecule has 0 rings (SSSR count). The molecule has 0 aliphatic carbocycles. The van der Waals surface area contributed by atoms with Gasteiger partial charge in [0.25, 0.3) is 0 Å². The van der Waals surface area contributed by atoms with Crippen LogP contribution in [-0.4, -0.2) is 66.2 Å². The largest absolute Gasteiger partial charge is 0.481 e. The average Bonchev–Trinajstić information content (AvgIpc) is 2.55. The second kappa shape index (κ2) is 10.5. The molecule has 4 N–H and O–H groups in total. The summed E-state index contributed by atoms with van der Waals surface area (Å²) < 4.78 is 41.5. The van der Waals surface area contributed by atoms with E-state index in [1.54, 1.807) is 0 Å². The zero-order valence-corrected chi connectivity index (χ0v) is 15.5. The Morgan fingerprint density at radius 3 is 1.89 bits per heavy atom. The van der Waals surface area contributed by atoms with Crippen molar-refractivity contribution in [1.29, 1.82) is 0 Å². The topological polar surface area (TPSA) is 151 Å². The van der Waals surface area contributed by atoms with E-state index in [4.69, 9.17) is 5.11 Å². The van der Waals surface area contributed by atoms with Crippen molar-refractivity contribution in [3.63, 3.8) is 0 Å². The molecule has 0 heterocycles. The van der Waals surface area contributed by atoms with Gasteiger partial charge in [0, 0.05) is 0 Å². The normalized spacial score (nSPS) is 14.4. The van der Waals surface area contributed by atoms with E-state index >= 15 is 0 Å². The van der Waals surface area contributed by atoms with Crippen LogP contribution in [0.25, 0.3) is 0 Å². The monoisotopic (exact) mass is 413 g/mol. The first-order valence-corrected chi connectivity index (χ1v) is 7.98. The van der Waals surface area contributed by atoms with E-state index in [0.29, 0.717) is 0 Å². The third kappa shape index (κ3) is 8.22. The summed E-state index contributed by atoms with van der Waals surface area (Å²) in [5, 5.41) is 14.4. The summed E-state index contributed by atoms with van der Waals surface area (Å²) in [6.45, 7) is 3.92. The molecule has 3 amide bonds. The maximum atomic E-state index is 12.4. The minimum Gasteiger partial charge on any atom is -0.481 e. The van der Waals surface area contributed by atoms with Gasteiger partial charge in [0.1, 0.15) is 18.1 Å². The second-order valence-electron chi connectivity index (χ2n) is 6.11. The number of alkyl halides is 3. The number of aliphatic carboxylic acids is 1. The van der Waals surface area contributed by atoms with Crippen molar-refractivity contribution in [3.8, 4) is 0 Å². The predicted molar refractivity (Wildman–Crippen MR) is 86.6 cm³/mol. The maximum absolute atomic E-state index is 12.4. The molecule has 10 nitrogen and oxygen atoms in total. The fourth-order valence-corrected chi connectivity index (χ4v) is 1.93. The minimum atomic E-state index is -5.19. The summed E-state index contributed by atoms with van der Waals surface area (Å²) in [5.74, 6) is -7.53. The first-order valence-electron chi connectivity index (χ1n) is 7.98. The van der Waals surface area contributed by atoms with Gasteiger partial charge in [0.2, 0.25) is 11.8 Å². The van der Waals surface area contributed by atoms with Crippen molar-refractivity contribution in [3.05, 3.63) is 0 Å². The zero-order chi connectivity index (χ0) is 22.2. The maximum Gasteiger partial charge on any atom is 0.471 e. The van der Waals surface area contributed by atoms with Gasteiger partial charge >= 0.3 is 24.0 Å². The molecule has 0 saturated heterocycles. The summed E-state index contributed by atoms with van der Waals surface area (Å²) in [7, 11) is 0.977. The fraction of sp³-hybridized carbons (Fsp3) is 0.667. The minimum absolute atomic E-state index is 0.739. The molecule has 28 heavy (non-hydrogen) atoms. The summed E-state index contributed by atoms with van der Waals surface area (Å²) in [6, 6.07) is -4.46. The quantitative estimate of drug-likeness (QED) is 0.366. The van der Waals surface area contributed by atoms with Crippen LogP contribution in [0.5, 0.6) is 0 Å². The summed E-state index contributed by atoms with van der Waals surface area (Å²) in [6.07, 6.45) is -5.98. The number of nitrogens with one attached hydrogen (secondary N) is 3. The highest BCUT2D eigenvalue weighted by molar-refractivity contribution is 5.94. The van der Waals surface area contributed by atoms with Gasteiger partial charge in [-0.05, 0) is 12.8 Å². The number of carboxylic acids is 1. The number of hydrogen-bond acceptors (Lipinski definition) is 6. The van der Waals surface area contributed by atoms with Crippen LogP contribution in [0.2, 0.25) is 0 Å². The average molecular weight is 413 g/mol. The van der Waals surface area contributed by atoms with E-state index in [-0.39, 0.29) is 0 Å². The Morgan fingerprint density at radius 2 is 1.50 bits per heavy atom. The van der Waals surface area contributed by atoms with E-state index in [1.807, 2.05) is 0 Å². The van der Waals surface area contributed by atoms with E-state index in [1.165, 1.54) is 19.2 Å². The van der Waals surface area contributed by atoms with Crippen LogP contribution in [0.3, 0.4) is 0 Å². The van der Waals surface area contributed by atoms with Gasteiger partial charge in [0.05, 0.1) is 13.5 Å². The van der Waals surface area contributed by atoms with Gasteiger partial charge in [-0.1, -0.05) is 13.8 Å². The Bertz CT molecular complexity index is 622. The number of hydrogen-bond donors (Lipinski definition) is 4. The fourth-order valence-electron chi connectivity index (χ4n) is 1.93. The third-order valence-corrected chi connectivity index (χ3v) is 3.43. The Balaban J connectivity index is 5.08.